The van der Waals surface area contributed by atoms with Crippen LogP contribution in [0.4, 0.5) is 16.0 Å². The molecule has 222 valence electrons. The van der Waals surface area contributed by atoms with Gasteiger partial charge in [0.25, 0.3) is 0 Å². The van der Waals surface area contributed by atoms with Gasteiger partial charge in [0, 0.05) is 40.8 Å². The molecule has 0 aliphatic carbocycles. The van der Waals surface area contributed by atoms with E-state index in [2.05, 4.69) is 57.1 Å². The lowest BCUT2D eigenvalue weighted by molar-refractivity contribution is 0.623. The summed E-state index contributed by atoms with van der Waals surface area (Å²) in [7, 11) is 0. The monoisotopic (exact) mass is 578 g/mol. The molecule has 4 rings (SSSR count). The van der Waals surface area contributed by atoms with Crippen molar-refractivity contribution in [3.05, 3.63) is 108 Å². The predicted molar refractivity (Wildman–Crippen MR) is 173 cm³/mol. The van der Waals surface area contributed by atoms with Gasteiger partial charge < -0.3 is 16.4 Å². The van der Waals surface area contributed by atoms with Gasteiger partial charge in [0.05, 0.1) is 35.9 Å². The highest BCUT2D eigenvalue weighted by atomic mass is 19.1. The van der Waals surface area contributed by atoms with E-state index in [1.54, 1.807) is 42.9 Å². The number of nitrogens with one attached hydrogen (secondary N) is 2. The molecular weight excluding hydrogens is 539 g/mol. The average Bonchev–Trinajstić information content (AvgIpc) is 3.04. The second-order valence-corrected chi connectivity index (χ2v) is 9.82. The van der Waals surface area contributed by atoms with E-state index < -0.39 is 0 Å². The van der Waals surface area contributed by atoms with Gasteiger partial charge in [0.15, 0.2) is 0 Å². The standard InChI is InChI=1S/C30H29FN8.C4H10/c1-4-6-27(39-19(3)22-7-9-24(31)10-8-22)26-11-20(13-32)14-37-30(26)38-17-25-16-35-28(18-34-25)23-12-21(5-2)29(33)36-15-23;1-3-4-2/h5-12,14-16,18-19,39H,2,4,17H2,1,3H3,(H2,33,36)(H,37,38);3-4H2,1-2H3. The van der Waals surface area contributed by atoms with Crippen LogP contribution in [0.15, 0.2) is 73.8 Å². The number of nitriles is 1. The van der Waals surface area contributed by atoms with Gasteiger partial charge >= 0.3 is 0 Å². The quantitative estimate of drug-likeness (QED) is 0.165. The van der Waals surface area contributed by atoms with Gasteiger partial charge in [-0.05, 0) is 43.2 Å². The van der Waals surface area contributed by atoms with Gasteiger partial charge in [-0.25, -0.2) is 14.4 Å². The number of pyridine rings is 2. The lowest BCUT2D eigenvalue weighted by Crippen LogP contribution is -2.19. The molecule has 1 atom stereocenters. The molecule has 0 aliphatic rings. The summed E-state index contributed by atoms with van der Waals surface area (Å²) in [5.41, 5.74) is 11.7. The number of nitrogens with two attached hydrogens (primary N) is 1. The third-order valence-electron chi connectivity index (χ3n) is 6.56. The number of aromatic nitrogens is 4. The van der Waals surface area contributed by atoms with Crippen LogP contribution in [-0.2, 0) is 6.54 Å². The summed E-state index contributed by atoms with van der Waals surface area (Å²) < 4.78 is 13.4. The third kappa shape index (κ3) is 9.20. The van der Waals surface area contributed by atoms with Crippen LogP contribution in [0, 0.1) is 17.1 Å². The molecule has 3 aromatic heterocycles. The molecule has 0 saturated heterocycles. The van der Waals surface area contributed by atoms with E-state index in [1.807, 2.05) is 26.0 Å². The van der Waals surface area contributed by atoms with Gasteiger partial charge in [-0.1, -0.05) is 64.5 Å². The minimum absolute atomic E-state index is 0.107. The van der Waals surface area contributed by atoms with Crippen LogP contribution in [0.3, 0.4) is 0 Å². The van der Waals surface area contributed by atoms with Crippen molar-refractivity contribution in [1.29, 1.82) is 5.26 Å². The molecule has 0 amide bonds. The second kappa shape index (κ2) is 16.4. The van der Waals surface area contributed by atoms with Gasteiger partial charge in [-0.15, -0.1) is 0 Å². The molecule has 0 bridgehead atoms. The molecular formula is C34H39FN8. The minimum Gasteiger partial charge on any atom is -0.383 e. The van der Waals surface area contributed by atoms with Crippen molar-refractivity contribution in [2.45, 2.75) is 59.5 Å². The van der Waals surface area contributed by atoms with Crippen LogP contribution in [-0.4, -0.2) is 19.9 Å². The van der Waals surface area contributed by atoms with Crippen LogP contribution >= 0.6 is 0 Å². The molecule has 1 aromatic carbocycles. The van der Waals surface area contributed by atoms with Crippen LogP contribution in [0.25, 0.3) is 23.0 Å². The average molecular weight is 579 g/mol. The minimum atomic E-state index is -0.282. The zero-order chi connectivity index (χ0) is 31.2. The van der Waals surface area contributed by atoms with Crippen LogP contribution in [0.1, 0.15) is 80.9 Å². The first kappa shape index (κ1) is 32.4. The summed E-state index contributed by atoms with van der Waals surface area (Å²) in [4.78, 5) is 17.8. The number of hydrogen-bond acceptors (Lipinski definition) is 8. The molecule has 4 aromatic rings. The molecule has 3 heterocycles. The van der Waals surface area contributed by atoms with Gasteiger partial charge in [0.2, 0.25) is 0 Å². The largest absolute Gasteiger partial charge is 0.383 e. The number of unbranched alkanes of at least 4 members (excludes halogenated alkanes) is 1. The Morgan fingerprint density at radius 2 is 1.77 bits per heavy atom. The molecule has 0 spiro atoms. The van der Waals surface area contributed by atoms with Crippen molar-refractivity contribution in [3.63, 3.8) is 0 Å². The molecule has 0 saturated carbocycles. The Bertz CT molecular complexity index is 1560. The summed E-state index contributed by atoms with van der Waals surface area (Å²) in [5, 5.41) is 16.3. The molecule has 9 heteroatoms. The fraction of sp³-hybridized carbons (Fsp3) is 0.265. The summed E-state index contributed by atoms with van der Waals surface area (Å²) >= 11 is 0. The Morgan fingerprint density at radius 3 is 2.37 bits per heavy atom. The molecule has 4 N–H and O–H groups in total. The molecule has 43 heavy (non-hydrogen) atoms. The van der Waals surface area contributed by atoms with E-state index in [0.29, 0.717) is 35.1 Å². The summed E-state index contributed by atoms with van der Waals surface area (Å²) in [6.07, 6.45) is 13.6. The maximum absolute atomic E-state index is 13.4. The molecule has 0 aliphatic heterocycles. The Hall–Kier alpha value is -5.10. The first-order valence-corrected chi connectivity index (χ1v) is 14.4. The van der Waals surface area contributed by atoms with Crippen molar-refractivity contribution < 1.29 is 4.39 Å². The van der Waals surface area contributed by atoms with E-state index in [9.17, 15) is 9.65 Å². The number of benzene rings is 1. The third-order valence-corrected chi connectivity index (χ3v) is 6.56. The summed E-state index contributed by atoms with van der Waals surface area (Å²) in [5.74, 6) is 0.721. The normalized spacial score (nSPS) is 11.5. The lowest BCUT2D eigenvalue weighted by Gasteiger charge is -2.21. The number of anilines is 2. The zero-order valence-electron chi connectivity index (χ0n) is 25.2. The van der Waals surface area contributed by atoms with E-state index in [0.717, 1.165) is 34.4 Å². The smallest absolute Gasteiger partial charge is 0.135 e. The maximum Gasteiger partial charge on any atom is 0.135 e. The Morgan fingerprint density at radius 1 is 1.02 bits per heavy atom. The highest BCUT2D eigenvalue weighted by Crippen LogP contribution is 2.26. The molecule has 8 nitrogen and oxygen atoms in total. The van der Waals surface area contributed by atoms with Gasteiger partial charge in [-0.2, -0.15) is 5.26 Å². The second-order valence-electron chi connectivity index (χ2n) is 9.82. The molecule has 0 radical (unpaired) electrons. The van der Waals surface area contributed by atoms with E-state index in [-0.39, 0.29) is 11.9 Å². The lowest BCUT2D eigenvalue weighted by atomic mass is 10.0. The zero-order valence-corrected chi connectivity index (χ0v) is 25.2. The van der Waals surface area contributed by atoms with E-state index in [4.69, 9.17) is 5.73 Å². The Balaban J connectivity index is 0.00000119. The van der Waals surface area contributed by atoms with Crippen molar-refractivity contribution in [2.24, 2.45) is 0 Å². The number of allylic oxidation sites excluding steroid dienone is 1. The Labute approximate surface area is 253 Å². The highest BCUT2D eigenvalue weighted by molar-refractivity contribution is 5.74. The SMILES string of the molecule is C=Cc1cc(-c2cnc(CNc3ncc(C#N)cc3C(=CCC)NC(C)c3ccc(F)cc3)cn2)cnc1N.CCCC. The van der Waals surface area contributed by atoms with Crippen LogP contribution in [0.2, 0.25) is 0 Å². The summed E-state index contributed by atoms with van der Waals surface area (Å²) in [6.45, 7) is 12.5. The van der Waals surface area contributed by atoms with E-state index >= 15 is 0 Å². The number of nitrogens with zero attached hydrogens (tertiary/aromatic N) is 5. The van der Waals surface area contributed by atoms with Crippen molar-refractivity contribution >= 4 is 23.4 Å². The topological polar surface area (TPSA) is 125 Å². The molecule has 0 fully saturated rings. The van der Waals surface area contributed by atoms with Gasteiger partial charge in [-0.3, -0.25) is 9.97 Å². The first-order valence-electron chi connectivity index (χ1n) is 14.4. The number of rotatable bonds is 11. The predicted octanol–water partition coefficient (Wildman–Crippen LogP) is 7.69. The molecule has 1 unspecified atom stereocenters. The number of hydrogen-bond donors (Lipinski definition) is 3. The van der Waals surface area contributed by atoms with Gasteiger partial charge in [0.1, 0.15) is 23.5 Å². The summed E-state index contributed by atoms with van der Waals surface area (Å²) in [6, 6.07) is 12.1. The maximum atomic E-state index is 13.4. The van der Waals surface area contributed by atoms with Crippen LogP contribution < -0.4 is 16.4 Å². The van der Waals surface area contributed by atoms with E-state index in [1.165, 1.54) is 31.2 Å². The Kier molecular flexibility index (Phi) is 12.3. The van der Waals surface area contributed by atoms with Crippen LogP contribution in [0.5, 0.6) is 0 Å². The first-order chi connectivity index (χ1) is 20.8. The number of halogens is 1. The fourth-order valence-corrected chi connectivity index (χ4v) is 3.96. The fourth-order valence-electron chi connectivity index (χ4n) is 3.96. The van der Waals surface area contributed by atoms with Crippen molar-refractivity contribution in [2.75, 3.05) is 11.1 Å². The highest BCUT2D eigenvalue weighted by Gasteiger charge is 2.15. The van der Waals surface area contributed by atoms with Crippen molar-refractivity contribution in [3.8, 4) is 17.3 Å². The van der Waals surface area contributed by atoms with Crippen molar-refractivity contribution in [1.82, 2.24) is 25.3 Å². The number of nitrogen functional groups attached to an aromatic ring is 1.